The molecule has 0 fully saturated rings. The number of aliphatic hydroxyl groups is 2. The van der Waals surface area contributed by atoms with Gasteiger partial charge in [-0.15, -0.1) is 0 Å². The van der Waals surface area contributed by atoms with Gasteiger partial charge in [-0.05, 0) is 6.07 Å². The number of anilines is 1. The van der Waals surface area contributed by atoms with Crippen molar-refractivity contribution < 1.29 is 10.2 Å². The summed E-state index contributed by atoms with van der Waals surface area (Å²) in [7, 11) is 1.97. The molecule has 0 atom stereocenters. The van der Waals surface area contributed by atoms with Gasteiger partial charge in [0.05, 0.1) is 24.9 Å². The predicted octanol–water partition coefficient (Wildman–Crippen LogP) is 0.943. The molecule has 86 valence electrons. The van der Waals surface area contributed by atoms with E-state index in [0.717, 1.165) is 16.6 Å². The molecule has 2 rings (SSSR count). The van der Waals surface area contributed by atoms with Gasteiger partial charge in [0.2, 0.25) is 0 Å². The molecule has 0 aliphatic heterocycles. The fourth-order valence-electron chi connectivity index (χ4n) is 1.83. The van der Waals surface area contributed by atoms with Gasteiger partial charge in [0.1, 0.15) is 0 Å². The largest absolute Gasteiger partial charge is 0.394 e. The quantitative estimate of drug-likeness (QED) is 0.719. The SMILES string of the molecule is Cn1cc(NC(CO)CO)c2ccccc21. The van der Waals surface area contributed by atoms with Crippen LogP contribution in [0.1, 0.15) is 0 Å². The molecule has 0 aliphatic rings. The summed E-state index contributed by atoms with van der Waals surface area (Å²) in [5.74, 6) is 0. The normalized spacial score (nSPS) is 11.2. The molecule has 0 saturated carbocycles. The molecule has 3 N–H and O–H groups in total. The minimum atomic E-state index is -0.314. The van der Waals surface area contributed by atoms with E-state index in [1.165, 1.54) is 0 Å². The first-order chi connectivity index (χ1) is 7.76. The molecule has 0 spiro atoms. The molecular weight excluding hydrogens is 204 g/mol. The number of hydrogen-bond donors (Lipinski definition) is 3. The Kier molecular flexibility index (Phi) is 3.12. The first kappa shape index (κ1) is 11.0. The van der Waals surface area contributed by atoms with E-state index in [1.54, 1.807) is 0 Å². The molecule has 0 unspecified atom stereocenters. The van der Waals surface area contributed by atoms with Crippen LogP contribution in [0.25, 0.3) is 10.9 Å². The van der Waals surface area contributed by atoms with Crippen LogP contribution in [-0.2, 0) is 7.05 Å². The van der Waals surface area contributed by atoms with Gasteiger partial charge in [0.15, 0.2) is 0 Å². The monoisotopic (exact) mass is 220 g/mol. The van der Waals surface area contributed by atoms with Crippen LogP contribution in [0.15, 0.2) is 30.5 Å². The number of nitrogens with one attached hydrogen (secondary N) is 1. The molecule has 16 heavy (non-hydrogen) atoms. The van der Waals surface area contributed by atoms with Gasteiger partial charge in [-0.3, -0.25) is 0 Å². The number of aromatic nitrogens is 1. The summed E-state index contributed by atoms with van der Waals surface area (Å²) in [5, 5.41) is 22.3. The highest BCUT2D eigenvalue weighted by atomic mass is 16.3. The maximum atomic E-state index is 9.04. The minimum absolute atomic E-state index is 0.0836. The van der Waals surface area contributed by atoms with Crippen LogP contribution in [0.5, 0.6) is 0 Å². The van der Waals surface area contributed by atoms with E-state index in [1.807, 2.05) is 42.1 Å². The Morgan fingerprint density at radius 3 is 2.62 bits per heavy atom. The van der Waals surface area contributed by atoms with E-state index in [2.05, 4.69) is 5.32 Å². The van der Waals surface area contributed by atoms with Gasteiger partial charge in [-0.2, -0.15) is 0 Å². The Morgan fingerprint density at radius 2 is 1.94 bits per heavy atom. The number of fused-ring (bicyclic) bond motifs is 1. The van der Waals surface area contributed by atoms with Crippen LogP contribution in [0, 0.1) is 0 Å². The molecule has 1 aromatic carbocycles. The Labute approximate surface area is 94.1 Å². The molecule has 4 nitrogen and oxygen atoms in total. The number of benzene rings is 1. The van der Waals surface area contributed by atoms with Crippen molar-refractivity contribution >= 4 is 16.6 Å². The van der Waals surface area contributed by atoms with Crippen molar-refractivity contribution in [3.8, 4) is 0 Å². The predicted molar refractivity (Wildman–Crippen MR) is 64.5 cm³/mol. The van der Waals surface area contributed by atoms with Crippen LogP contribution in [0.4, 0.5) is 5.69 Å². The van der Waals surface area contributed by atoms with Crippen LogP contribution >= 0.6 is 0 Å². The second-order valence-corrected chi connectivity index (χ2v) is 3.88. The van der Waals surface area contributed by atoms with Gasteiger partial charge in [0, 0.05) is 24.1 Å². The Balaban J connectivity index is 2.37. The fourth-order valence-corrected chi connectivity index (χ4v) is 1.83. The first-order valence-electron chi connectivity index (χ1n) is 5.28. The van der Waals surface area contributed by atoms with Crippen LogP contribution in [-0.4, -0.2) is 34.0 Å². The Morgan fingerprint density at radius 1 is 1.25 bits per heavy atom. The fraction of sp³-hybridized carbons (Fsp3) is 0.333. The first-order valence-corrected chi connectivity index (χ1v) is 5.28. The van der Waals surface area contributed by atoms with Crippen LogP contribution in [0.2, 0.25) is 0 Å². The number of para-hydroxylation sites is 1. The van der Waals surface area contributed by atoms with E-state index in [0.29, 0.717) is 0 Å². The molecule has 0 bridgehead atoms. The molecule has 1 aromatic heterocycles. The van der Waals surface area contributed by atoms with Crippen molar-refractivity contribution in [2.75, 3.05) is 18.5 Å². The van der Waals surface area contributed by atoms with Crippen molar-refractivity contribution in [3.63, 3.8) is 0 Å². The maximum Gasteiger partial charge on any atom is 0.0723 e. The van der Waals surface area contributed by atoms with Crippen molar-refractivity contribution in [2.45, 2.75) is 6.04 Å². The van der Waals surface area contributed by atoms with Crippen LogP contribution in [0.3, 0.4) is 0 Å². The highest BCUT2D eigenvalue weighted by Gasteiger charge is 2.10. The molecular formula is C12H16N2O2. The van der Waals surface area contributed by atoms with E-state index < -0.39 is 0 Å². The highest BCUT2D eigenvalue weighted by Crippen LogP contribution is 2.25. The summed E-state index contributed by atoms with van der Waals surface area (Å²) in [6.07, 6.45) is 1.96. The van der Waals surface area contributed by atoms with E-state index in [9.17, 15) is 0 Å². The number of rotatable bonds is 4. The molecule has 1 heterocycles. The third-order valence-corrected chi connectivity index (χ3v) is 2.70. The molecule has 0 radical (unpaired) electrons. The third kappa shape index (κ3) is 1.89. The second-order valence-electron chi connectivity index (χ2n) is 3.88. The highest BCUT2D eigenvalue weighted by molar-refractivity contribution is 5.93. The second kappa shape index (κ2) is 4.55. The standard InChI is InChI=1S/C12H16N2O2/c1-14-6-11(13-9(7-15)8-16)10-4-2-3-5-12(10)14/h2-6,9,13,15-16H,7-8H2,1H3. The van der Waals surface area contributed by atoms with Crippen molar-refractivity contribution in [3.05, 3.63) is 30.5 Å². The number of nitrogens with zero attached hydrogens (tertiary/aromatic N) is 1. The zero-order valence-electron chi connectivity index (χ0n) is 9.22. The summed E-state index contributed by atoms with van der Waals surface area (Å²) in [6.45, 7) is -0.167. The lowest BCUT2D eigenvalue weighted by Gasteiger charge is -2.13. The van der Waals surface area contributed by atoms with Crippen molar-refractivity contribution in [1.29, 1.82) is 0 Å². The summed E-state index contributed by atoms with van der Waals surface area (Å²) in [5.41, 5.74) is 2.06. The topological polar surface area (TPSA) is 57.4 Å². The van der Waals surface area contributed by atoms with Gasteiger partial charge in [0.25, 0.3) is 0 Å². The zero-order valence-corrected chi connectivity index (χ0v) is 9.22. The van der Waals surface area contributed by atoms with Gasteiger partial charge in [-0.25, -0.2) is 0 Å². The lowest BCUT2D eigenvalue weighted by Crippen LogP contribution is -2.27. The van der Waals surface area contributed by atoms with Crippen molar-refractivity contribution in [1.82, 2.24) is 4.57 Å². The lowest BCUT2D eigenvalue weighted by atomic mass is 10.2. The molecule has 2 aromatic rings. The Bertz CT molecular complexity index is 475. The average molecular weight is 220 g/mol. The van der Waals surface area contributed by atoms with Gasteiger partial charge < -0.3 is 20.1 Å². The number of aryl methyl sites for hydroxylation is 1. The van der Waals surface area contributed by atoms with Gasteiger partial charge in [-0.1, -0.05) is 18.2 Å². The van der Waals surface area contributed by atoms with Gasteiger partial charge >= 0.3 is 0 Å². The van der Waals surface area contributed by atoms with E-state index in [-0.39, 0.29) is 19.3 Å². The molecule has 4 heteroatoms. The molecule has 0 aliphatic carbocycles. The maximum absolute atomic E-state index is 9.04. The van der Waals surface area contributed by atoms with Crippen LogP contribution < -0.4 is 5.32 Å². The summed E-state index contributed by atoms with van der Waals surface area (Å²) in [6, 6.07) is 7.70. The smallest absolute Gasteiger partial charge is 0.0723 e. The van der Waals surface area contributed by atoms with Crippen molar-refractivity contribution in [2.24, 2.45) is 7.05 Å². The molecule has 0 amide bonds. The lowest BCUT2D eigenvalue weighted by molar-refractivity contribution is 0.204. The number of aliphatic hydroxyl groups excluding tert-OH is 2. The Hall–Kier alpha value is -1.52. The number of hydrogen-bond acceptors (Lipinski definition) is 3. The molecule has 0 saturated heterocycles. The summed E-state index contributed by atoms with van der Waals surface area (Å²) < 4.78 is 2.02. The zero-order chi connectivity index (χ0) is 11.5. The minimum Gasteiger partial charge on any atom is -0.394 e. The third-order valence-electron chi connectivity index (χ3n) is 2.70. The van der Waals surface area contributed by atoms with E-state index in [4.69, 9.17) is 10.2 Å². The summed E-state index contributed by atoms with van der Waals surface area (Å²) >= 11 is 0. The summed E-state index contributed by atoms with van der Waals surface area (Å²) in [4.78, 5) is 0. The average Bonchev–Trinajstić information content (AvgIpc) is 2.64. The van der Waals surface area contributed by atoms with E-state index >= 15 is 0 Å².